The van der Waals surface area contributed by atoms with Crippen LogP contribution in [0.1, 0.15) is 32.3 Å². The first-order valence-electron chi connectivity index (χ1n) is 8.50. The second-order valence-electron chi connectivity index (χ2n) is 5.50. The number of methoxy groups -OCH3 is 1. The van der Waals surface area contributed by atoms with Crippen molar-refractivity contribution in [1.82, 2.24) is 15.5 Å². The molecule has 1 aromatic carbocycles. The fourth-order valence-corrected chi connectivity index (χ4v) is 2.25. The number of para-hydroxylation sites is 1. The van der Waals surface area contributed by atoms with Crippen molar-refractivity contribution in [2.24, 2.45) is 4.99 Å². The molecule has 0 heterocycles. The van der Waals surface area contributed by atoms with Crippen LogP contribution in [0.25, 0.3) is 0 Å². The molecule has 0 aliphatic rings. The fraction of sp³-hybridized carbons (Fsp3) is 0.556. The van der Waals surface area contributed by atoms with E-state index in [9.17, 15) is 4.79 Å². The number of ether oxygens (including phenoxy) is 1. The van der Waals surface area contributed by atoms with Gasteiger partial charge in [0.1, 0.15) is 5.75 Å². The van der Waals surface area contributed by atoms with Crippen LogP contribution in [0.4, 0.5) is 0 Å². The molecule has 2 N–H and O–H groups in total. The van der Waals surface area contributed by atoms with E-state index in [4.69, 9.17) is 4.74 Å². The highest BCUT2D eigenvalue weighted by Crippen LogP contribution is 2.18. The summed E-state index contributed by atoms with van der Waals surface area (Å²) in [6, 6.07) is 7.94. The Balaban J connectivity index is 0.00000576. The van der Waals surface area contributed by atoms with Crippen LogP contribution in [-0.4, -0.2) is 50.6 Å². The van der Waals surface area contributed by atoms with Gasteiger partial charge < -0.3 is 20.3 Å². The Morgan fingerprint density at radius 1 is 1.24 bits per heavy atom. The maximum Gasteiger partial charge on any atom is 0.221 e. The Bertz CT molecular complexity index is 538. The van der Waals surface area contributed by atoms with Gasteiger partial charge in [-0.25, -0.2) is 0 Å². The zero-order chi connectivity index (χ0) is 17.8. The summed E-state index contributed by atoms with van der Waals surface area (Å²) in [5.74, 6) is 1.69. The maximum absolute atomic E-state index is 11.7. The van der Waals surface area contributed by atoms with Gasteiger partial charge in [0.05, 0.1) is 13.7 Å². The van der Waals surface area contributed by atoms with E-state index in [-0.39, 0.29) is 29.9 Å². The molecule has 1 rings (SSSR count). The molecular formula is C18H31IN4O2. The quantitative estimate of drug-likeness (QED) is 0.337. The topological polar surface area (TPSA) is 66.0 Å². The summed E-state index contributed by atoms with van der Waals surface area (Å²) in [5, 5.41) is 6.12. The van der Waals surface area contributed by atoms with Crippen LogP contribution < -0.4 is 15.4 Å². The van der Waals surface area contributed by atoms with E-state index in [0.717, 1.165) is 36.8 Å². The van der Waals surface area contributed by atoms with Crippen LogP contribution in [0.5, 0.6) is 5.75 Å². The van der Waals surface area contributed by atoms with Crippen LogP contribution in [0.15, 0.2) is 29.3 Å². The lowest BCUT2D eigenvalue weighted by molar-refractivity contribution is -0.120. The molecule has 7 heteroatoms. The van der Waals surface area contributed by atoms with E-state index in [0.29, 0.717) is 19.5 Å². The molecule has 0 saturated heterocycles. The fourth-order valence-electron chi connectivity index (χ4n) is 2.25. The van der Waals surface area contributed by atoms with Gasteiger partial charge in [-0.3, -0.25) is 9.79 Å². The van der Waals surface area contributed by atoms with E-state index >= 15 is 0 Å². The molecule has 25 heavy (non-hydrogen) atoms. The number of hydrogen-bond donors (Lipinski definition) is 2. The average molecular weight is 462 g/mol. The van der Waals surface area contributed by atoms with Gasteiger partial charge >= 0.3 is 0 Å². The number of guanidine groups is 1. The number of nitrogens with one attached hydrogen (secondary N) is 2. The predicted octanol–water partition coefficient (Wildman–Crippen LogP) is 2.63. The lowest BCUT2D eigenvalue weighted by Crippen LogP contribution is -2.38. The minimum absolute atomic E-state index is 0. The Hall–Kier alpha value is -1.51. The first-order chi connectivity index (χ1) is 11.6. The van der Waals surface area contributed by atoms with Crippen molar-refractivity contribution in [3.63, 3.8) is 0 Å². The van der Waals surface area contributed by atoms with Crippen LogP contribution in [0.3, 0.4) is 0 Å². The Labute approximate surface area is 168 Å². The number of rotatable bonds is 9. The van der Waals surface area contributed by atoms with Crippen molar-refractivity contribution in [2.45, 2.75) is 33.2 Å². The Morgan fingerprint density at radius 3 is 2.60 bits per heavy atom. The predicted molar refractivity (Wildman–Crippen MR) is 114 cm³/mol. The van der Waals surface area contributed by atoms with E-state index < -0.39 is 0 Å². The van der Waals surface area contributed by atoms with E-state index in [2.05, 4.69) is 15.6 Å². The lowest BCUT2D eigenvalue weighted by Gasteiger charge is -2.23. The molecular weight excluding hydrogens is 431 g/mol. The molecule has 0 bridgehead atoms. The van der Waals surface area contributed by atoms with Gasteiger partial charge in [0, 0.05) is 38.7 Å². The van der Waals surface area contributed by atoms with Crippen molar-refractivity contribution in [3.8, 4) is 5.75 Å². The molecule has 0 spiro atoms. The lowest BCUT2D eigenvalue weighted by atomic mass is 10.2. The number of carbonyl (C=O) groups is 1. The van der Waals surface area contributed by atoms with Crippen molar-refractivity contribution in [2.75, 3.05) is 33.8 Å². The van der Waals surface area contributed by atoms with E-state index in [1.807, 2.05) is 50.1 Å². The van der Waals surface area contributed by atoms with Crippen LogP contribution in [0.2, 0.25) is 0 Å². The SMILES string of the molecule is CCCNC(=O)CCN=C(NCC)N(C)Cc1ccccc1OC.I. The summed E-state index contributed by atoms with van der Waals surface area (Å²) in [6.45, 7) is 6.70. The van der Waals surface area contributed by atoms with Gasteiger partial charge in [0.2, 0.25) is 5.91 Å². The van der Waals surface area contributed by atoms with Gasteiger partial charge in [-0.2, -0.15) is 0 Å². The number of benzene rings is 1. The highest BCUT2D eigenvalue weighted by Gasteiger charge is 2.10. The molecule has 1 aromatic rings. The van der Waals surface area contributed by atoms with E-state index in [1.165, 1.54) is 0 Å². The third kappa shape index (κ3) is 8.94. The molecule has 0 radical (unpaired) electrons. The number of carbonyl (C=O) groups excluding carboxylic acids is 1. The highest BCUT2D eigenvalue weighted by molar-refractivity contribution is 14.0. The van der Waals surface area contributed by atoms with Gasteiger partial charge in [-0.05, 0) is 19.4 Å². The highest BCUT2D eigenvalue weighted by atomic mass is 127. The summed E-state index contributed by atoms with van der Waals surface area (Å²) in [5.41, 5.74) is 1.09. The van der Waals surface area contributed by atoms with Crippen molar-refractivity contribution in [1.29, 1.82) is 0 Å². The van der Waals surface area contributed by atoms with Crippen molar-refractivity contribution >= 4 is 35.8 Å². The van der Waals surface area contributed by atoms with Gasteiger partial charge in [0.15, 0.2) is 5.96 Å². The number of nitrogens with zero attached hydrogens (tertiary/aromatic N) is 2. The zero-order valence-electron chi connectivity index (χ0n) is 15.7. The average Bonchev–Trinajstić information content (AvgIpc) is 2.59. The van der Waals surface area contributed by atoms with Gasteiger partial charge in [0.25, 0.3) is 0 Å². The second kappa shape index (κ2) is 13.7. The smallest absolute Gasteiger partial charge is 0.221 e. The summed E-state index contributed by atoms with van der Waals surface area (Å²) >= 11 is 0. The van der Waals surface area contributed by atoms with Crippen LogP contribution >= 0.6 is 24.0 Å². The third-order valence-electron chi connectivity index (χ3n) is 3.47. The minimum atomic E-state index is 0. The molecule has 0 fully saturated rings. The van der Waals surface area contributed by atoms with Crippen LogP contribution in [-0.2, 0) is 11.3 Å². The largest absolute Gasteiger partial charge is 0.496 e. The Morgan fingerprint density at radius 2 is 1.96 bits per heavy atom. The maximum atomic E-state index is 11.7. The van der Waals surface area contributed by atoms with E-state index in [1.54, 1.807) is 7.11 Å². The monoisotopic (exact) mass is 462 g/mol. The standard InChI is InChI=1S/C18H30N4O2.HI/c1-5-12-20-17(23)11-13-21-18(19-6-2)22(3)14-15-9-7-8-10-16(15)24-4;/h7-10H,5-6,11-14H2,1-4H3,(H,19,21)(H,20,23);1H. The molecule has 0 aliphatic carbocycles. The van der Waals surface area contributed by atoms with Gasteiger partial charge in [-0.15, -0.1) is 24.0 Å². The number of amides is 1. The van der Waals surface area contributed by atoms with Crippen LogP contribution in [0, 0.1) is 0 Å². The minimum Gasteiger partial charge on any atom is -0.496 e. The first-order valence-corrected chi connectivity index (χ1v) is 8.50. The summed E-state index contributed by atoms with van der Waals surface area (Å²) in [4.78, 5) is 18.2. The summed E-state index contributed by atoms with van der Waals surface area (Å²) in [6.07, 6.45) is 1.34. The number of hydrogen-bond acceptors (Lipinski definition) is 3. The number of halogens is 1. The molecule has 0 aliphatic heterocycles. The van der Waals surface area contributed by atoms with Crippen molar-refractivity contribution in [3.05, 3.63) is 29.8 Å². The first kappa shape index (κ1) is 23.5. The van der Waals surface area contributed by atoms with Gasteiger partial charge in [-0.1, -0.05) is 25.1 Å². The molecule has 0 unspecified atom stereocenters. The zero-order valence-corrected chi connectivity index (χ0v) is 18.0. The Kier molecular flexibility index (Phi) is 12.9. The molecule has 142 valence electrons. The summed E-state index contributed by atoms with van der Waals surface area (Å²) < 4.78 is 5.40. The molecule has 6 nitrogen and oxygen atoms in total. The number of aliphatic imine (C=N–C) groups is 1. The second-order valence-corrected chi connectivity index (χ2v) is 5.50. The summed E-state index contributed by atoms with van der Waals surface area (Å²) in [7, 11) is 3.65. The normalized spacial score (nSPS) is 10.6. The molecule has 0 saturated carbocycles. The van der Waals surface area contributed by atoms with Crippen molar-refractivity contribution < 1.29 is 9.53 Å². The third-order valence-corrected chi connectivity index (χ3v) is 3.47. The molecule has 0 aromatic heterocycles. The molecule has 0 atom stereocenters. The molecule has 1 amide bonds.